The number of benzene rings is 1. The Hall–Kier alpha value is -2.09. The number of carbonyl (C=O) groups excluding carboxylic acids is 1. The Labute approximate surface area is 177 Å². The van der Waals surface area contributed by atoms with Crippen molar-refractivity contribution in [3.8, 4) is 11.5 Å². The summed E-state index contributed by atoms with van der Waals surface area (Å²) >= 11 is 1.73. The molecule has 0 aliphatic heterocycles. The molecule has 1 heterocycles. The van der Waals surface area contributed by atoms with Gasteiger partial charge in [-0.3, -0.25) is 4.79 Å². The highest BCUT2D eigenvalue weighted by Crippen LogP contribution is 2.28. The summed E-state index contributed by atoms with van der Waals surface area (Å²) in [6.07, 6.45) is 1.64. The van der Waals surface area contributed by atoms with Crippen LogP contribution >= 0.6 is 11.3 Å². The highest BCUT2D eigenvalue weighted by molar-refractivity contribution is 7.11. The molecule has 0 atom stereocenters. The van der Waals surface area contributed by atoms with E-state index in [4.69, 9.17) is 14.2 Å². The predicted octanol–water partition coefficient (Wildman–Crippen LogP) is 3.27. The van der Waals surface area contributed by atoms with E-state index in [1.165, 1.54) is 9.75 Å². The number of thiophene rings is 1. The first-order chi connectivity index (χ1) is 14.1. The van der Waals surface area contributed by atoms with Gasteiger partial charge < -0.3 is 24.4 Å². The largest absolute Gasteiger partial charge is 0.493 e. The minimum absolute atomic E-state index is 0.106. The maximum Gasteiger partial charge on any atom is 0.236 e. The molecular weight excluding hydrogens is 388 g/mol. The lowest BCUT2D eigenvalue weighted by atomic mass is 10.1. The maximum absolute atomic E-state index is 12.8. The van der Waals surface area contributed by atoms with Crippen molar-refractivity contribution in [1.82, 2.24) is 10.2 Å². The number of nitrogens with one attached hydrogen (secondary N) is 1. The fourth-order valence-corrected chi connectivity index (χ4v) is 3.91. The number of hydrogen-bond donors (Lipinski definition) is 1. The van der Waals surface area contributed by atoms with E-state index in [0.29, 0.717) is 37.7 Å². The van der Waals surface area contributed by atoms with Gasteiger partial charge in [-0.25, -0.2) is 0 Å². The number of carbonyl (C=O) groups is 1. The zero-order valence-corrected chi connectivity index (χ0v) is 18.6. The number of nitrogens with zero attached hydrogens (tertiary/aromatic N) is 1. The van der Waals surface area contributed by atoms with E-state index < -0.39 is 0 Å². The van der Waals surface area contributed by atoms with Crippen LogP contribution in [0.3, 0.4) is 0 Å². The number of ether oxygens (including phenoxy) is 3. The molecule has 0 saturated heterocycles. The summed E-state index contributed by atoms with van der Waals surface area (Å²) in [5.41, 5.74) is 1.11. The van der Waals surface area contributed by atoms with Gasteiger partial charge in [-0.15, -0.1) is 11.3 Å². The number of methoxy groups -OCH3 is 3. The third kappa shape index (κ3) is 7.68. The predicted molar refractivity (Wildman–Crippen MR) is 117 cm³/mol. The maximum atomic E-state index is 12.8. The van der Waals surface area contributed by atoms with Gasteiger partial charge in [-0.2, -0.15) is 0 Å². The summed E-state index contributed by atoms with van der Waals surface area (Å²) in [5, 5.41) is 3.22. The zero-order valence-electron chi connectivity index (χ0n) is 17.8. The summed E-state index contributed by atoms with van der Waals surface area (Å²) in [5.74, 6) is 1.52. The lowest BCUT2D eigenvalue weighted by Gasteiger charge is -2.23. The van der Waals surface area contributed by atoms with Crippen molar-refractivity contribution in [1.29, 1.82) is 0 Å². The van der Waals surface area contributed by atoms with Crippen LogP contribution in [0.1, 0.15) is 21.7 Å². The number of amides is 1. The summed E-state index contributed by atoms with van der Waals surface area (Å²) in [6, 6.07) is 10.1. The zero-order chi connectivity index (χ0) is 21.1. The average molecular weight is 421 g/mol. The fourth-order valence-electron chi connectivity index (χ4n) is 3.00. The molecule has 1 amide bonds. The van der Waals surface area contributed by atoms with Gasteiger partial charge >= 0.3 is 0 Å². The Kier molecular flexibility index (Phi) is 9.97. The molecule has 1 aromatic carbocycles. The Morgan fingerprint density at radius 2 is 1.90 bits per heavy atom. The Bertz CT molecular complexity index is 763. The first-order valence-electron chi connectivity index (χ1n) is 9.81. The molecule has 29 heavy (non-hydrogen) atoms. The van der Waals surface area contributed by atoms with Crippen LogP contribution in [0.5, 0.6) is 11.5 Å². The highest BCUT2D eigenvalue weighted by Gasteiger charge is 2.15. The van der Waals surface area contributed by atoms with E-state index in [9.17, 15) is 4.79 Å². The first-order valence-corrected chi connectivity index (χ1v) is 10.6. The van der Waals surface area contributed by atoms with Gasteiger partial charge in [0, 0.05) is 30.0 Å². The summed E-state index contributed by atoms with van der Waals surface area (Å²) in [6.45, 7) is 5.15. The summed E-state index contributed by atoms with van der Waals surface area (Å²) in [7, 11) is 4.94. The van der Waals surface area contributed by atoms with Crippen LogP contribution in [0.15, 0.2) is 30.3 Å². The van der Waals surface area contributed by atoms with Gasteiger partial charge in [-0.05, 0) is 56.1 Å². The molecule has 1 aromatic heterocycles. The number of hydrogen-bond acceptors (Lipinski definition) is 6. The van der Waals surface area contributed by atoms with Crippen molar-refractivity contribution < 1.29 is 19.0 Å². The summed E-state index contributed by atoms with van der Waals surface area (Å²) in [4.78, 5) is 17.2. The Balaban J connectivity index is 1.99. The first kappa shape index (κ1) is 23.2. The lowest BCUT2D eigenvalue weighted by Crippen LogP contribution is -2.39. The van der Waals surface area contributed by atoms with Gasteiger partial charge in [0.15, 0.2) is 11.5 Å². The van der Waals surface area contributed by atoms with Gasteiger partial charge in [-0.1, -0.05) is 6.07 Å². The van der Waals surface area contributed by atoms with Crippen molar-refractivity contribution in [2.24, 2.45) is 0 Å². The van der Waals surface area contributed by atoms with E-state index in [2.05, 4.69) is 24.4 Å². The second kappa shape index (κ2) is 12.5. The highest BCUT2D eigenvalue weighted by atomic mass is 32.1. The molecular formula is C22H32N2O4S. The molecule has 0 saturated carbocycles. The molecule has 6 nitrogen and oxygen atoms in total. The minimum Gasteiger partial charge on any atom is -0.493 e. The summed E-state index contributed by atoms with van der Waals surface area (Å²) < 4.78 is 15.7. The van der Waals surface area contributed by atoms with E-state index in [-0.39, 0.29) is 5.91 Å². The van der Waals surface area contributed by atoms with Crippen molar-refractivity contribution >= 4 is 17.2 Å². The Morgan fingerprint density at radius 3 is 2.55 bits per heavy atom. The van der Waals surface area contributed by atoms with Gasteiger partial charge in [0.2, 0.25) is 5.91 Å². The number of aryl methyl sites for hydroxylation is 1. The molecule has 0 fully saturated rings. The molecule has 2 rings (SSSR count). The molecule has 0 spiro atoms. The van der Waals surface area contributed by atoms with E-state index in [1.54, 1.807) is 32.7 Å². The van der Waals surface area contributed by atoms with Crippen LogP contribution in [0, 0.1) is 6.92 Å². The van der Waals surface area contributed by atoms with Crippen molar-refractivity contribution in [3.05, 3.63) is 45.6 Å². The second-order valence-corrected chi connectivity index (χ2v) is 8.16. The molecule has 7 heteroatoms. The third-order valence-electron chi connectivity index (χ3n) is 4.59. The SMILES string of the molecule is COCCCNCC(=O)N(CCc1ccc(OC)c(OC)c1)Cc1ccc(C)s1. The normalized spacial score (nSPS) is 10.8. The molecule has 0 unspecified atom stereocenters. The molecule has 1 N–H and O–H groups in total. The van der Waals surface area contributed by atoms with Gasteiger partial charge in [0.1, 0.15) is 0 Å². The average Bonchev–Trinajstić information content (AvgIpc) is 3.15. The van der Waals surface area contributed by atoms with Crippen LogP contribution in [0.25, 0.3) is 0 Å². The number of rotatable bonds is 13. The van der Waals surface area contributed by atoms with Gasteiger partial charge in [0.05, 0.1) is 27.3 Å². The van der Waals surface area contributed by atoms with E-state index >= 15 is 0 Å². The van der Waals surface area contributed by atoms with Crippen LogP contribution in [-0.2, 0) is 22.5 Å². The minimum atomic E-state index is 0.106. The topological polar surface area (TPSA) is 60.0 Å². The van der Waals surface area contributed by atoms with Crippen molar-refractivity contribution in [2.45, 2.75) is 26.3 Å². The quantitative estimate of drug-likeness (QED) is 0.504. The van der Waals surface area contributed by atoms with Crippen LogP contribution < -0.4 is 14.8 Å². The van der Waals surface area contributed by atoms with Crippen LogP contribution in [0.4, 0.5) is 0 Å². The molecule has 160 valence electrons. The smallest absolute Gasteiger partial charge is 0.236 e. The molecule has 0 radical (unpaired) electrons. The molecule has 0 aliphatic rings. The van der Waals surface area contributed by atoms with E-state index in [0.717, 1.165) is 24.9 Å². The van der Waals surface area contributed by atoms with Crippen molar-refractivity contribution in [2.75, 3.05) is 47.6 Å². The van der Waals surface area contributed by atoms with Crippen molar-refractivity contribution in [3.63, 3.8) is 0 Å². The van der Waals surface area contributed by atoms with Crippen LogP contribution in [0.2, 0.25) is 0 Å². The molecule has 2 aromatic rings. The Morgan fingerprint density at radius 1 is 1.10 bits per heavy atom. The second-order valence-electron chi connectivity index (χ2n) is 6.79. The van der Waals surface area contributed by atoms with E-state index in [1.807, 2.05) is 23.1 Å². The fraction of sp³-hybridized carbons (Fsp3) is 0.500. The molecule has 0 aliphatic carbocycles. The molecule has 0 bridgehead atoms. The van der Waals surface area contributed by atoms with Crippen LogP contribution in [-0.4, -0.2) is 58.4 Å². The monoisotopic (exact) mass is 420 g/mol. The lowest BCUT2D eigenvalue weighted by molar-refractivity contribution is -0.130. The van der Waals surface area contributed by atoms with Gasteiger partial charge in [0.25, 0.3) is 0 Å². The third-order valence-corrected chi connectivity index (χ3v) is 5.58. The standard InChI is InChI=1S/C22H32N2O4S/c1-17-6-8-19(29-17)16-24(22(25)15-23-11-5-13-26-2)12-10-18-7-9-20(27-3)21(14-18)28-4/h6-9,14,23H,5,10-13,15-16H2,1-4H3.